The average Bonchev–Trinajstić information content (AvgIpc) is 2.14. The lowest BCUT2D eigenvalue weighted by Crippen LogP contribution is -2.48. The zero-order valence-electron chi connectivity index (χ0n) is 10.2. The Morgan fingerprint density at radius 2 is 2.06 bits per heavy atom. The minimum absolute atomic E-state index is 0.252. The SMILES string of the molecule is C#CC(C(=O)CCl)N(CC(N)=O)OC(C)(C)C. The number of ketones is 1. The van der Waals surface area contributed by atoms with Gasteiger partial charge >= 0.3 is 0 Å². The van der Waals surface area contributed by atoms with Crippen LogP contribution in [-0.2, 0) is 14.4 Å². The number of halogens is 1. The van der Waals surface area contributed by atoms with E-state index < -0.39 is 23.3 Å². The van der Waals surface area contributed by atoms with Crippen LogP contribution >= 0.6 is 11.6 Å². The molecular weight excluding hydrogens is 244 g/mol. The van der Waals surface area contributed by atoms with Crippen LogP contribution in [0.3, 0.4) is 0 Å². The van der Waals surface area contributed by atoms with Crippen molar-refractivity contribution in [3.05, 3.63) is 0 Å². The Morgan fingerprint density at radius 3 is 2.35 bits per heavy atom. The molecule has 0 aromatic rings. The first kappa shape index (κ1) is 15.9. The Hall–Kier alpha value is -1.09. The van der Waals surface area contributed by atoms with E-state index in [9.17, 15) is 9.59 Å². The summed E-state index contributed by atoms with van der Waals surface area (Å²) >= 11 is 5.43. The fraction of sp³-hybridized carbons (Fsp3) is 0.636. The molecular formula is C11H17ClN2O3. The topological polar surface area (TPSA) is 72.6 Å². The normalized spacial score (nSPS) is 13.2. The van der Waals surface area contributed by atoms with Gasteiger partial charge in [0.15, 0.2) is 11.8 Å². The fourth-order valence-electron chi connectivity index (χ4n) is 1.09. The Labute approximate surface area is 106 Å². The first-order chi connectivity index (χ1) is 7.71. The second kappa shape index (κ2) is 6.60. The van der Waals surface area contributed by atoms with Crippen molar-refractivity contribution < 1.29 is 14.4 Å². The van der Waals surface area contributed by atoms with Crippen LogP contribution in [0.1, 0.15) is 20.8 Å². The maximum atomic E-state index is 11.5. The van der Waals surface area contributed by atoms with Crippen LogP contribution in [0.5, 0.6) is 0 Å². The van der Waals surface area contributed by atoms with Crippen molar-refractivity contribution in [1.82, 2.24) is 5.06 Å². The quantitative estimate of drug-likeness (QED) is 0.424. The lowest BCUT2D eigenvalue weighted by atomic mass is 10.2. The standard InChI is InChI=1S/C11H17ClN2O3/c1-5-8(9(15)6-12)14(7-10(13)16)17-11(2,3)4/h1,8H,6-7H2,2-4H3,(H2,13,16). The molecule has 0 saturated heterocycles. The van der Waals surface area contributed by atoms with Crippen molar-refractivity contribution in [3.8, 4) is 12.3 Å². The van der Waals surface area contributed by atoms with E-state index in [4.69, 9.17) is 28.6 Å². The minimum Gasteiger partial charge on any atom is -0.368 e. The van der Waals surface area contributed by atoms with Gasteiger partial charge in [-0.3, -0.25) is 14.4 Å². The second-order valence-electron chi connectivity index (χ2n) is 4.41. The van der Waals surface area contributed by atoms with Gasteiger partial charge in [-0.25, -0.2) is 0 Å². The van der Waals surface area contributed by atoms with Gasteiger partial charge in [0.05, 0.1) is 11.5 Å². The number of Topliss-reactive ketones (excluding diaryl/α,β-unsaturated/α-hetero) is 1. The summed E-state index contributed by atoms with van der Waals surface area (Å²) < 4.78 is 0. The third kappa shape index (κ3) is 6.27. The Balaban J connectivity index is 4.95. The molecule has 96 valence electrons. The summed E-state index contributed by atoms with van der Waals surface area (Å²) in [5.74, 6) is 0.929. The molecule has 0 bridgehead atoms. The number of primary amides is 1. The molecule has 5 nitrogen and oxygen atoms in total. The van der Waals surface area contributed by atoms with Crippen LogP contribution in [0.4, 0.5) is 0 Å². The van der Waals surface area contributed by atoms with Gasteiger partial charge < -0.3 is 5.73 Å². The van der Waals surface area contributed by atoms with E-state index in [1.54, 1.807) is 20.8 Å². The number of rotatable bonds is 6. The highest BCUT2D eigenvalue weighted by molar-refractivity contribution is 6.28. The highest BCUT2D eigenvalue weighted by atomic mass is 35.5. The molecule has 0 aromatic carbocycles. The predicted molar refractivity (Wildman–Crippen MR) is 65.1 cm³/mol. The third-order valence-corrected chi connectivity index (χ3v) is 1.85. The summed E-state index contributed by atoms with van der Waals surface area (Å²) in [4.78, 5) is 27.9. The van der Waals surface area contributed by atoms with Gasteiger partial charge in [-0.15, -0.1) is 18.0 Å². The number of amides is 1. The summed E-state index contributed by atoms with van der Waals surface area (Å²) in [5, 5.41) is 1.09. The highest BCUT2D eigenvalue weighted by Crippen LogP contribution is 2.13. The molecule has 0 aliphatic rings. The van der Waals surface area contributed by atoms with E-state index >= 15 is 0 Å². The van der Waals surface area contributed by atoms with Crippen LogP contribution in [0.25, 0.3) is 0 Å². The zero-order chi connectivity index (χ0) is 13.6. The molecule has 0 saturated carbocycles. The first-order valence-electron chi connectivity index (χ1n) is 5.00. The van der Waals surface area contributed by atoms with Gasteiger partial charge in [0.2, 0.25) is 5.91 Å². The molecule has 0 aliphatic carbocycles. The maximum absolute atomic E-state index is 11.5. The van der Waals surface area contributed by atoms with E-state index in [0.29, 0.717) is 0 Å². The molecule has 0 aromatic heterocycles. The van der Waals surface area contributed by atoms with Crippen molar-refractivity contribution in [2.24, 2.45) is 5.73 Å². The van der Waals surface area contributed by atoms with Crippen LogP contribution in [0.2, 0.25) is 0 Å². The number of carbonyl (C=O) groups excluding carboxylic acids is 2. The van der Waals surface area contributed by atoms with E-state index in [-0.39, 0.29) is 12.4 Å². The van der Waals surface area contributed by atoms with Gasteiger partial charge in [0.1, 0.15) is 6.54 Å². The van der Waals surface area contributed by atoms with Crippen LogP contribution < -0.4 is 5.73 Å². The number of hydrogen-bond acceptors (Lipinski definition) is 4. The van der Waals surface area contributed by atoms with Crippen molar-refractivity contribution in [2.75, 3.05) is 12.4 Å². The second-order valence-corrected chi connectivity index (χ2v) is 4.68. The molecule has 1 amide bonds. The van der Waals surface area contributed by atoms with Gasteiger partial charge in [-0.1, -0.05) is 5.92 Å². The largest absolute Gasteiger partial charge is 0.368 e. The molecule has 2 N–H and O–H groups in total. The molecule has 1 atom stereocenters. The van der Waals surface area contributed by atoms with Gasteiger partial charge in [0, 0.05) is 0 Å². The monoisotopic (exact) mass is 260 g/mol. The summed E-state index contributed by atoms with van der Waals surface area (Å²) in [7, 11) is 0. The summed E-state index contributed by atoms with van der Waals surface area (Å²) in [5.41, 5.74) is 4.47. The smallest absolute Gasteiger partial charge is 0.234 e. The van der Waals surface area contributed by atoms with Crippen LogP contribution in [-0.4, -0.2) is 40.8 Å². The van der Waals surface area contributed by atoms with E-state index in [1.165, 1.54) is 0 Å². The highest BCUT2D eigenvalue weighted by Gasteiger charge is 2.29. The molecule has 17 heavy (non-hydrogen) atoms. The van der Waals surface area contributed by atoms with Crippen molar-refractivity contribution in [3.63, 3.8) is 0 Å². The van der Waals surface area contributed by atoms with Gasteiger partial charge in [0.25, 0.3) is 0 Å². The predicted octanol–water partition coefficient (Wildman–Crippen LogP) is 0.313. The zero-order valence-corrected chi connectivity index (χ0v) is 11.0. The number of carbonyl (C=O) groups is 2. The number of alkyl halides is 1. The lowest BCUT2D eigenvalue weighted by Gasteiger charge is -2.31. The lowest BCUT2D eigenvalue weighted by molar-refractivity contribution is -0.235. The van der Waals surface area contributed by atoms with E-state index in [2.05, 4.69) is 5.92 Å². The average molecular weight is 261 g/mol. The Bertz CT molecular complexity index is 331. The van der Waals surface area contributed by atoms with Crippen molar-refractivity contribution in [2.45, 2.75) is 32.4 Å². The van der Waals surface area contributed by atoms with Gasteiger partial charge in [-0.05, 0) is 20.8 Å². The number of nitrogens with zero attached hydrogens (tertiary/aromatic N) is 1. The number of hydroxylamine groups is 2. The van der Waals surface area contributed by atoms with Crippen LogP contribution in [0, 0.1) is 12.3 Å². The molecule has 0 heterocycles. The molecule has 6 heteroatoms. The molecule has 0 fully saturated rings. The minimum atomic E-state index is -1.01. The van der Waals surface area contributed by atoms with Crippen molar-refractivity contribution >= 4 is 23.3 Å². The molecule has 1 unspecified atom stereocenters. The molecule has 0 rings (SSSR count). The van der Waals surface area contributed by atoms with Crippen molar-refractivity contribution in [1.29, 1.82) is 0 Å². The first-order valence-corrected chi connectivity index (χ1v) is 5.53. The number of nitrogens with two attached hydrogens (primary N) is 1. The molecule has 0 radical (unpaired) electrons. The maximum Gasteiger partial charge on any atom is 0.234 e. The number of terminal acetylenes is 1. The van der Waals surface area contributed by atoms with Crippen LogP contribution in [0.15, 0.2) is 0 Å². The molecule has 0 spiro atoms. The summed E-state index contributed by atoms with van der Waals surface area (Å²) in [6, 6.07) is -1.01. The Morgan fingerprint density at radius 1 is 1.53 bits per heavy atom. The van der Waals surface area contributed by atoms with Gasteiger partial charge in [-0.2, -0.15) is 5.06 Å². The fourth-order valence-corrected chi connectivity index (χ4v) is 1.24. The molecule has 0 aliphatic heterocycles. The van der Waals surface area contributed by atoms with E-state index in [1.807, 2.05) is 0 Å². The van der Waals surface area contributed by atoms with E-state index in [0.717, 1.165) is 5.06 Å². The summed E-state index contributed by atoms with van der Waals surface area (Å²) in [6.45, 7) is 5.02. The Kier molecular flexibility index (Phi) is 6.18. The third-order valence-electron chi connectivity index (χ3n) is 1.59. The number of hydrogen-bond donors (Lipinski definition) is 1. The summed E-state index contributed by atoms with van der Waals surface area (Å²) in [6.07, 6.45) is 5.24.